The Morgan fingerprint density at radius 2 is 1.93 bits per heavy atom. The normalized spacial score (nSPS) is 10.6. The van der Waals surface area contributed by atoms with Crippen molar-refractivity contribution in [2.24, 2.45) is 0 Å². The number of benzene rings is 1. The molecule has 0 fully saturated rings. The molecule has 0 radical (unpaired) electrons. The Balaban J connectivity index is 1.52. The van der Waals surface area contributed by atoms with Gasteiger partial charge in [-0.2, -0.15) is 5.10 Å². The molecule has 1 amide bonds. The SMILES string of the molecule is CCOc1ccc(-c2cc(=O)n(CC(=O)NCCCn3ncccc3=O)cn2)cc1. The quantitative estimate of drug-likeness (QED) is 0.530. The van der Waals surface area contributed by atoms with Crippen molar-refractivity contribution in [2.75, 3.05) is 13.2 Å². The molecule has 0 saturated carbocycles. The third kappa shape index (κ3) is 5.63. The Morgan fingerprint density at radius 1 is 1.13 bits per heavy atom. The van der Waals surface area contributed by atoms with Gasteiger partial charge in [-0.05, 0) is 43.7 Å². The van der Waals surface area contributed by atoms with Crippen LogP contribution in [0, 0.1) is 0 Å². The number of aryl methyl sites for hydroxylation is 1. The van der Waals surface area contributed by atoms with Crippen LogP contribution in [0.15, 0.2) is 64.6 Å². The van der Waals surface area contributed by atoms with E-state index >= 15 is 0 Å². The Hall–Kier alpha value is -3.75. The van der Waals surface area contributed by atoms with E-state index in [0.717, 1.165) is 11.3 Å². The fourth-order valence-corrected chi connectivity index (χ4v) is 2.81. The van der Waals surface area contributed by atoms with Crippen molar-refractivity contribution in [1.82, 2.24) is 24.6 Å². The zero-order valence-corrected chi connectivity index (χ0v) is 16.7. The van der Waals surface area contributed by atoms with Crippen molar-refractivity contribution in [1.29, 1.82) is 0 Å². The summed E-state index contributed by atoms with van der Waals surface area (Å²) in [5.74, 6) is 0.445. The highest BCUT2D eigenvalue weighted by Crippen LogP contribution is 2.19. The van der Waals surface area contributed by atoms with Gasteiger partial charge in [-0.15, -0.1) is 0 Å². The minimum atomic E-state index is -0.316. The van der Waals surface area contributed by atoms with Gasteiger partial charge in [0.25, 0.3) is 11.1 Å². The lowest BCUT2D eigenvalue weighted by molar-refractivity contribution is -0.121. The van der Waals surface area contributed by atoms with Crippen molar-refractivity contribution < 1.29 is 9.53 Å². The van der Waals surface area contributed by atoms with Crippen LogP contribution in [0.5, 0.6) is 5.75 Å². The van der Waals surface area contributed by atoms with E-state index in [1.165, 1.54) is 33.9 Å². The van der Waals surface area contributed by atoms with Crippen molar-refractivity contribution in [3.05, 3.63) is 75.7 Å². The number of carbonyl (C=O) groups excluding carboxylic acids is 1. The van der Waals surface area contributed by atoms with Crippen molar-refractivity contribution >= 4 is 5.91 Å². The average molecular weight is 409 g/mol. The van der Waals surface area contributed by atoms with Crippen LogP contribution in [0.2, 0.25) is 0 Å². The van der Waals surface area contributed by atoms with Crippen molar-refractivity contribution in [3.63, 3.8) is 0 Å². The standard InChI is InChI=1S/C21H23N5O4/c1-2-30-17-8-6-16(7-9-17)18-13-21(29)25(15-23-18)14-19(27)22-10-4-12-26-20(28)5-3-11-24-26/h3,5-9,11,13,15H,2,4,10,12,14H2,1H3,(H,22,27). The molecule has 1 N–H and O–H groups in total. The van der Waals surface area contributed by atoms with Gasteiger partial charge in [0.1, 0.15) is 12.3 Å². The number of nitrogens with one attached hydrogen (secondary N) is 1. The van der Waals surface area contributed by atoms with E-state index in [4.69, 9.17) is 4.74 Å². The molecule has 0 spiro atoms. The van der Waals surface area contributed by atoms with Gasteiger partial charge in [-0.25, -0.2) is 9.67 Å². The largest absolute Gasteiger partial charge is 0.494 e. The summed E-state index contributed by atoms with van der Waals surface area (Å²) in [4.78, 5) is 40.3. The third-order valence-corrected chi connectivity index (χ3v) is 4.31. The van der Waals surface area contributed by atoms with Crippen LogP contribution in [0.25, 0.3) is 11.3 Å². The molecule has 0 atom stereocenters. The molecule has 2 aromatic heterocycles. The number of carbonyl (C=O) groups is 1. The van der Waals surface area contributed by atoms with E-state index in [1.54, 1.807) is 6.07 Å². The summed E-state index contributed by atoms with van der Waals surface area (Å²) < 4.78 is 7.98. The number of nitrogens with zero attached hydrogens (tertiary/aromatic N) is 4. The lowest BCUT2D eigenvalue weighted by Gasteiger charge is -2.09. The molecule has 30 heavy (non-hydrogen) atoms. The predicted octanol–water partition coefficient (Wildman–Crippen LogP) is 1.07. The summed E-state index contributed by atoms with van der Waals surface area (Å²) in [5, 5.41) is 6.68. The molecule has 3 rings (SSSR count). The summed E-state index contributed by atoms with van der Waals surface area (Å²) in [6, 6.07) is 11.7. The van der Waals surface area contributed by atoms with E-state index in [0.29, 0.717) is 31.8 Å². The highest BCUT2D eigenvalue weighted by Gasteiger charge is 2.07. The maximum absolute atomic E-state index is 12.3. The van der Waals surface area contributed by atoms with Crippen LogP contribution in [-0.4, -0.2) is 38.4 Å². The first kappa shape index (κ1) is 21.0. The zero-order chi connectivity index (χ0) is 21.3. The molecule has 1 aromatic carbocycles. The van der Waals surface area contributed by atoms with Crippen LogP contribution in [0.4, 0.5) is 0 Å². The molecule has 9 nitrogen and oxygen atoms in total. The van der Waals surface area contributed by atoms with Crippen molar-refractivity contribution in [2.45, 2.75) is 26.4 Å². The molecule has 156 valence electrons. The molecule has 9 heteroatoms. The lowest BCUT2D eigenvalue weighted by atomic mass is 10.1. The number of ether oxygens (including phenoxy) is 1. The molecule has 0 aliphatic heterocycles. The molecule has 0 aliphatic rings. The number of rotatable bonds is 9. The highest BCUT2D eigenvalue weighted by atomic mass is 16.5. The molecule has 0 unspecified atom stereocenters. The van der Waals surface area contributed by atoms with Gasteiger partial charge < -0.3 is 10.1 Å². The van der Waals surface area contributed by atoms with Gasteiger partial charge in [0, 0.05) is 37.0 Å². The topological polar surface area (TPSA) is 108 Å². The number of amides is 1. The van der Waals surface area contributed by atoms with Crippen LogP contribution in [-0.2, 0) is 17.9 Å². The predicted molar refractivity (Wildman–Crippen MR) is 111 cm³/mol. The molecule has 2 heterocycles. The average Bonchev–Trinajstić information content (AvgIpc) is 2.75. The molecule has 0 aliphatic carbocycles. The number of hydrogen-bond acceptors (Lipinski definition) is 6. The van der Waals surface area contributed by atoms with E-state index < -0.39 is 0 Å². The van der Waals surface area contributed by atoms with Gasteiger partial charge in [0.15, 0.2) is 0 Å². The third-order valence-electron chi connectivity index (χ3n) is 4.31. The highest BCUT2D eigenvalue weighted by molar-refractivity contribution is 5.75. The monoisotopic (exact) mass is 409 g/mol. The van der Waals surface area contributed by atoms with Crippen LogP contribution >= 0.6 is 0 Å². The van der Waals surface area contributed by atoms with Gasteiger partial charge in [0.05, 0.1) is 18.6 Å². The molecule has 3 aromatic rings. The van der Waals surface area contributed by atoms with Crippen LogP contribution < -0.4 is 21.2 Å². The van der Waals surface area contributed by atoms with E-state index in [2.05, 4.69) is 15.4 Å². The fraction of sp³-hybridized carbons (Fsp3) is 0.286. The number of aromatic nitrogens is 4. The van der Waals surface area contributed by atoms with Crippen LogP contribution in [0.1, 0.15) is 13.3 Å². The zero-order valence-electron chi connectivity index (χ0n) is 16.7. The van der Waals surface area contributed by atoms with E-state index in [-0.39, 0.29) is 23.6 Å². The second kappa shape index (κ2) is 10.1. The first-order chi connectivity index (χ1) is 14.6. The van der Waals surface area contributed by atoms with E-state index in [1.807, 2.05) is 31.2 Å². The maximum Gasteiger partial charge on any atom is 0.266 e. The number of hydrogen-bond donors (Lipinski definition) is 1. The second-order valence-electron chi connectivity index (χ2n) is 6.49. The summed E-state index contributed by atoms with van der Waals surface area (Å²) >= 11 is 0. The molecule has 0 saturated heterocycles. The van der Waals surface area contributed by atoms with E-state index in [9.17, 15) is 14.4 Å². The summed E-state index contributed by atoms with van der Waals surface area (Å²) in [5.41, 5.74) is 0.815. The van der Waals surface area contributed by atoms with Gasteiger partial charge in [-0.1, -0.05) is 0 Å². The Labute approximate surface area is 173 Å². The Kier molecular flexibility index (Phi) is 7.09. The second-order valence-corrected chi connectivity index (χ2v) is 6.49. The maximum atomic E-state index is 12.3. The fourth-order valence-electron chi connectivity index (χ4n) is 2.81. The molecular formula is C21H23N5O4. The molecular weight excluding hydrogens is 386 g/mol. The minimum Gasteiger partial charge on any atom is -0.494 e. The first-order valence-electron chi connectivity index (χ1n) is 9.65. The summed E-state index contributed by atoms with van der Waals surface area (Å²) in [6.07, 6.45) is 3.45. The van der Waals surface area contributed by atoms with Crippen LogP contribution in [0.3, 0.4) is 0 Å². The van der Waals surface area contributed by atoms with Gasteiger partial charge >= 0.3 is 0 Å². The van der Waals surface area contributed by atoms with Crippen molar-refractivity contribution in [3.8, 4) is 17.0 Å². The summed E-state index contributed by atoms with van der Waals surface area (Å²) in [6.45, 7) is 3.13. The van der Waals surface area contributed by atoms with Gasteiger partial charge in [-0.3, -0.25) is 19.0 Å². The Morgan fingerprint density at radius 3 is 2.63 bits per heavy atom. The molecule has 0 bridgehead atoms. The Bertz CT molecular complexity index is 1110. The smallest absolute Gasteiger partial charge is 0.266 e. The minimum absolute atomic E-state index is 0.126. The lowest BCUT2D eigenvalue weighted by Crippen LogP contribution is -2.33. The summed E-state index contributed by atoms with van der Waals surface area (Å²) in [7, 11) is 0. The van der Waals surface area contributed by atoms with Gasteiger partial charge in [0.2, 0.25) is 5.91 Å². The first-order valence-corrected chi connectivity index (χ1v) is 9.65.